The molecule has 0 radical (unpaired) electrons. The normalized spacial score (nSPS) is 11.3. The molecule has 0 heterocycles. The highest BCUT2D eigenvalue weighted by molar-refractivity contribution is 5.89. The summed E-state index contributed by atoms with van der Waals surface area (Å²) in [6, 6.07) is 2.98. The maximum atomic E-state index is 12.5. The molecule has 0 fully saturated rings. The number of methoxy groups -OCH3 is 1. The van der Waals surface area contributed by atoms with Crippen LogP contribution in [-0.2, 0) is 17.5 Å². The molecule has 0 aliphatic rings. The zero-order chi connectivity index (χ0) is 12.3. The van der Waals surface area contributed by atoms with Crippen molar-refractivity contribution in [2.75, 3.05) is 7.11 Å². The fourth-order valence-electron chi connectivity index (χ4n) is 1.28. The minimum absolute atomic E-state index is 0.0518. The number of rotatable bonds is 2. The Kier molecular flexibility index (Phi) is 3.54. The Morgan fingerprint density at radius 2 is 2.06 bits per heavy atom. The first-order valence-electron chi connectivity index (χ1n) is 4.38. The first-order valence-corrected chi connectivity index (χ1v) is 4.38. The van der Waals surface area contributed by atoms with E-state index in [1.165, 1.54) is 0 Å². The Bertz CT molecular complexity index is 402. The largest absolute Gasteiger partial charge is 0.465 e. The first kappa shape index (κ1) is 12.5. The number of nitrogens with two attached hydrogens (primary N) is 1. The van der Waals surface area contributed by atoms with Crippen LogP contribution in [0, 0.1) is 0 Å². The lowest BCUT2D eigenvalue weighted by atomic mass is 10.0. The van der Waals surface area contributed by atoms with Gasteiger partial charge in [-0.3, -0.25) is 0 Å². The Morgan fingerprint density at radius 1 is 1.44 bits per heavy atom. The number of carbonyl (C=O) groups is 1. The molecule has 1 aromatic carbocycles. The number of ether oxygens (including phenoxy) is 1. The molecule has 16 heavy (non-hydrogen) atoms. The molecular weight excluding hydrogens is 223 g/mol. The summed E-state index contributed by atoms with van der Waals surface area (Å²) >= 11 is 0. The van der Waals surface area contributed by atoms with Gasteiger partial charge in [0.25, 0.3) is 0 Å². The van der Waals surface area contributed by atoms with Gasteiger partial charge in [0.2, 0.25) is 0 Å². The van der Waals surface area contributed by atoms with Crippen molar-refractivity contribution in [3.63, 3.8) is 0 Å². The summed E-state index contributed by atoms with van der Waals surface area (Å²) in [5.41, 5.74) is 4.30. The monoisotopic (exact) mass is 233 g/mol. The second-order valence-corrected chi connectivity index (χ2v) is 3.07. The average molecular weight is 233 g/mol. The molecule has 2 N–H and O–H groups in total. The van der Waals surface area contributed by atoms with Crippen molar-refractivity contribution in [2.45, 2.75) is 12.7 Å². The van der Waals surface area contributed by atoms with Crippen LogP contribution >= 0.6 is 0 Å². The highest BCUT2D eigenvalue weighted by Crippen LogP contribution is 2.32. The highest BCUT2D eigenvalue weighted by atomic mass is 19.4. The minimum Gasteiger partial charge on any atom is -0.465 e. The van der Waals surface area contributed by atoms with Gasteiger partial charge in [0, 0.05) is 6.54 Å². The standard InChI is InChI=1S/C10H10F3NO2/c1-16-9(15)6-2-3-8(10(11,12)13)7(4-6)5-14/h2-4H,5,14H2,1H3. The van der Waals surface area contributed by atoms with E-state index >= 15 is 0 Å². The summed E-state index contributed by atoms with van der Waals surface area (Å²) in [5, 5.41) is 0. The molecule has 0 unspecified atom stereocenters. The molecule has 6 heteroatoms. The van der Waals surface area contributed by atoms with Gasteiger partial charge in [-0.1, -0.05) is 0 Å². The van der Waals surface area contributed by atoms with Crippen LogP contribution in [-0.4, -0.2) is 13.1 Å². The third-order valence-corrected chi connectivity index (χ3v) is 2.05. The molecule has 0 saturated heterocycles. The van der Waals surface area contributed by atoms with E-state index in [9.17, 15) is 18.0 Å². The maximum absolute atomic E-state index is 12.5. The summed E-state index contributed by atoms with van der Waals surface area (Å²) in [5.74, 6) is -0.691. The van der Waals surface area contributed by atoms with Crippen molar-refractivity contribution in [1.29, 1.82) is 0 Å². The fraction of sp³-hybridized carbons (Fsp3) is 0.300. The van der Waals surface area contributed by atoms with E-state index in [0.29, 0.717) is 0 Å². The smallest absolute Gasteiger partial charge is 0.416 e. The second-order valence-electron chi connectivity index (χ2n) is 3.07. The van der Waals surface area contributed by atoms with E-state index in [1.807, 2.05) is 0 Å². The molecule has 88 valence electrons. The number of hydrogen-bond acceptors (Lipinski definition) is 3. The quantitative estimate of drug-likeness (QED) is 0.794. The number of halogens is 3. The van der Waals surface area contributed by atoms with Crippen molar-refractivity contribution in [3.8, 4) is 0 Å². The van der Waals surface area contributed by atoms with E-state index in [4.69, 9.17) is 5.73 Å². The lowest BCUT2D eigenvalue weighted by Gasteiger charge is -2.12. The molecule has 0 aliphatic carbocycles. The molecule has 0 aromatic heterocycles. The van der Waals surface area contributed by atoms with Crippen molar-refractivity contribution >= 4 is 5.97 Å². The molecule has 1 aromatic rings. The fourth-order valence-corrected chi connectivity index (χ4v) is 1.28. The van der Waals surface area contributed by atoms with Crippen LogP contribution in [0.25, 0.3) is 0 Å². The van der Waals surface area contributed by atoms with E-state index in [2.05, 4.69) is 4.74 Å². The molecule has 0 saturated carbocycles. The van der Waals surface area contributed by atoms with Gasteiger partial charge in [-0.2, -0.15) is 13.2 Å². The summed E-state index contributed by atoms with van der Waals surface area (Å²) in [4.78, 5) is 11.1. The lowest BCUT2D eigenvalue weighted by Crippen LogP contribution is -2.13. The van der Waals surface area contributed by atoms with Gasteiger partial charge >= 0.3 is 12.1 Å². The van der Waals surface area contributed by atoms with Crippen LogP contribution in [0.1, 0.15) is 21.5 Å². The van der Waals surface area contributed by atoms with Crippen LogP contribution in [0.3, 0.4) is 0 Å². The van der Waals surface area contributed by atoms with Gasteiger partial charge in [0.1, 0.15) is 0 Å². The summed E-state index contributed by atoms with van der Waals surface area (Å²) in [7, 11) is 1.15. The van der Waals surface area contributed by atoms with Crippen LogP contribution in [0.15, 0.2) is 18.2 Å². The predicted octanol–water partition coefficient (Wildman–Crippen LogP) is 1.95. The Balaban J connectivity index is 3.22. The van der Waals surface area contributed by atoms with Gasteiger partial charge < -0.3 is 10.5 Å². The average Bonchev–Trinajstić information content (AvgIpc) is 2.25. The molecule has 0 atom stereocenters. The Labute approximate surface area is 90.0 Å². The Hall–Kier alpha value is -1.56. The van der Waals surface area contributed by atoms with Crippen LogP contribution in [0.4, 0.5) is 13.2 Å². The van der Waals surface area contributed by atoms with Crippen LogP contribution < -0.4 is 5.73 Å². The summed E-state index contributed by atoms with van der Waals surface area (Å²) in [6.45, 7) is -0.292. The molecule has 0 aliphatic heterocycles. The van der Waals surface area contributed by atoms with Gasteiger partial charge in [0.15, 0.2) is 0 Å². The van der Waals surface area contributed by atoms with Gasteiger partial charge in [-0.15, -0.1) is 0 Å². The van der Waals surface area contributed by atoms with Gasteiger partial charge in [-0.25, -0.2) is 4.79 Å². The second kappa shape index (κ2) is 4.52. The van der Waals surface area contributed by atoms with Crippen LogP contribution in [0.5, 0.6) is 0 Å². The number of hydrogen-bond donors (Lipinski definition) is 1. The number of esters is 1. The lowest BCUT2D eigenvalue weighted by molar-refractivity contribution is -0.138. The maximum Gasteiger partial charge on any atom is 0.416 e. The molecule has 1 rings (SSSR count). The predicted molar refractivity (Wildman–Crippen MR) is 50.7 cm³/mol. The highest BCUT2D eigenvalue weighted by Gasteiger charge is 2.33. The third kappa shape index (κ3) is 2.52. The summed E-state index contributed by atoms with van der Waals surface area (Å²) in [6.07, 6.45) is -4.47. The number of benzene rings is 1. The summed E-state index contributed by atoms with van der Waals surface area (Å²) < 4.78 is 41.8. The Morgan fingerprint density at radius 3 is 2.50 bits per heavy atom. The van der Waals surface area contributed by atoms with Gasteiger partial charge in [0.05, 0.1) is 18.2 Å². The SMILES string of the molecule is COC(=O)c1ccc(C(F)(F)F)c(CN)c1. The van der Waals surface area contributed by atoms with Crippen molar-refractivity contribution in [2.24, 2.45) is 5.73 Å². The molecule has 0 amide bonds. The van der Waals surface area contributed by atoms with E-state index in [0.717, 1.165) is 25.3 Å². The molecular formula is C10H10F3NO2. The minimum atomic E-state index is -4.47. The van der Waals surface area contributed by atoms with E-state index < -0.39 is 17.7 Å². The zero-order valence-electron chi connectivity index (χ0n) is 8.47. The van der Waals surface area contributed by atoms with Crippen molar-refractivity contribution < 1.29 is 22.7 Å². The van der Waals surface area contributed by atoms with E-state index in [1.54, 1.807) is 0 Å². The number of alkyl halides is 3. The molecule has 0 spiro atoms. The van der Waals surface area contributed by atoms with Crippen molar-refractivity contribution in [3.05, 3.63) is 34.9 Å². The van der Waals surface area contributed by atoms with E-state index in [-0.39, 0.29) is 17.7 Å². The van der Waals surface area contributed by atoms with Gasteiger partial charge in [-0.05, 0) is 23.8 Å². The molecule has 0 bridgehead atoms. The number of carbonyl (C=O) groups excluding carboxylic acids is 1. The molecule has 3 nitrogen and oxygen atoms in total. The van der Waals surface area contributed by atoms with Crippen LogP contribution in [0.2, 0.25) is 0 Å². The third-order valence-electron chi connectivity index (χ3n) is 2.05. The topological polar surface area (TPSA) is 52.3 Å². The first-order chi connectivity index (χ1) is 7.40. The zero-order valence-corrected chi connectivity index (χ0v) is 8.47. The van der Waals surface area contributed by atoms with Crippen molar-refractivity contribution in [1.82, 2.24) is 0 Å².